The lowest BCUT2D eigenvalue weighted by Gasteiger charge is -2.24. The van der Waals surface area contributed by atoms with Gasteiger partial charge in [0.1, 0.15) is 5.75 Å². The van der Waals surface area contributed by atoms with Crippen molar-refractivity contribution in [2.75, 3.05) is 14.2 Å². The Morgan fingerprint density at radius 3 is 2.43 bits per heavy atom. The number of aromatic nitrogens is 1. The van der Waals surface area contributed by atoms with Crippen molar-refractivity contribution in [1.29, 1.82) is 0 Å². The van der Waals surface area contributed by atoms with Gasteiger partial charge in [0.2, 0.25) is 0 Å². The topological polar surface area (TPSA) is 69.9 Å². The number of carbonyl (C=O) groups excluding carboxylic acids is 1. The molecule has 1 unspecified atom stereocenters. The highest BCUT2D eigenvalue weighted by Crippen LogP contribution is 2.31. The van der Waals surface area contributed by atoms with Crippen LogP contribution in [-0.4, -0.2) is 24.8 Å². The van der Waals surface area contributed by atoms with Crippen LogP contribution in [0.25, 0.3) is 6.08 Å². The molecule has 6 nitrogen and oxygen atoms in total. The van der Waals surface area contributed by atoms with E-state index in [9.17, 15) is 9.59 Å². The highest BCUT2D eigenvalue weighted by molar-refractivity contribution is 7.07. The molecule has 3 aromatic rings. The average Bonchev–Trinajstić information content (AvgIpc) is 3.07. The van der Waals surface area contributed by atoms with E-state index >= 15 is 0 Å². The molecule has 2 heterocycles. The zero-order valence-electron chi connectivity index (χ0n) is 16.8. The molecule has 0 aliphatic carbocycles. The monoisotopic (exact) mass is 420 g/mol. The van der Waals surface area contributed by atoms with Gasteiger partial charge in [-0.05, 0) is 36.3 Å². The standard InChI is InChI=1S/C23H20N2O4S/c1-14-19(22(27)29-3)20(16-9-11-17(28-2)12-10-16)25-21(26)18(30-23(25)24-14)13-15-7-5-4-6-8-15/h4-13,20H,1-3H3. The zero-order chi connectivity index (χ0) is 21.3. The Balaban J connectivity index is 1.96. The first kappa shape index (κ1) is 19.8. The molecule has 0 saturated carbocycles. The molecule has 1 aliphatic rings. The minimum atomic E-state index is -0.627. The summed E-state index contributed by atoms with van der Waals surface area (Å²) in [5.74, 6) is 0.185. The Hall–Kier alpha value is -3.45. The minimum absolute atomic E-state index is 0.197. The molecular formula is C23H20N2O4S. The maximum atomic E-state index is 13.4. The van der Waals surface area contributed by atoms with Crippen LogP contribution < -0.4 is 19.6 Å². The molecule has 0 amide bonds. The van der Waals surface area contributed by atoms with Crippen molar-refractivity contribution >= 4 is 23.4 Å². The van der Waals surface area contributed by atoms with Gasteiger partial charge in [-0.1, -0.05) is 53.8 Å². The molecule has 1 aromatic heterocycles. The van der Waals surface area contributed by atoms with Gasteiger partial charge >= 0.3 is 5.97 Å². The third kappa shape index (κ3) is 3.48. The van der Waals surface area contributed by atoms with E-state index < -0.39 is 12.0 Å². The summed E-state index contributed by atoms with van der Waals surface area (Å²) in [7, 11) is 2.92. The van der Waals surface area contributed by atoms with E-state index in [-0.39, 0.29) is 5.56 Å². The summed E-state index contributed by atoms with van der Waals surface area (Å²) in [6, 6.07) is 16.3. The molecule has 1 aliphatic heterocycles. The number of hydrogen-bond acceptors (Lipinski definition) is 6. The molecular weight excluding hydrogens is 400 g/mol. The first-order valence-corrected chi connectivity index (χ1v) is 10.1. The number of esters is 1. The Bertz CT molecular complexity index is 1300. The molecule has 1 atom stereocenters. The smallest absolute Gasteiger partial charge is 0.338 e. The Labute approximate surface area is 177 Å². The van der Waals surface area contributed by atoms with Crippen LogP contribution in [0, 0.1) is 0 Å². The second-order valence-corrected chi connectivity index (χ2v) is 7.77. The normalized spacial score (nSPS) is 16.1. The maximum Gasteiger partial charge on any atom is 0.338 e. The molecule has 4 rings (SSSR count). The minimum Gasteiger partial charge on any atom is -0.497 e. The summed E-state index contributed by atoms with van der Waals surface area (Å²) in [6.07, 6.45) is 1.84. The molecule has 0 radical (unpaired) electrons. The van der Waals surface area contributed by atoms with Gasteiger partial charge in [0, 0.05) is 0 Å². The predicted octanol–water partition coefficient (Wildman–Crippen LogP) is 2.42. The molecule has 152 valence electrons. The summed E-state index contributed by atoms with van der Waals surface area (Å²) in [5, 5.41) is 0. The van der Waals surface area contributed by atoms with Gasteiger partial charge in [-0.3, -0.25) is 9.36 Å². The number of methoxy groups -OCH3 is 2. The Morgan fingerprint density at radius 2 is 1.80 bits per heavy atom. The fraction of sp³-hybridized carbons (Fsp3) is 0.174. The largest absolute Gasteiger partial charge is 0.497 e. The number of thiazole rings is 1. The summed E-state index contributed by atoms with van der Waals surface area (Å²) in [6.45, 7) is 1.76. The summed E-state index contributed by atoms with van der Waals surface area (Å²) < 4.78 is 12.4. The molecule has 0 bridgehead atoms. The van der Waals surface area contributed by atoms with E-state index in [2.05, 4.69) is 4.99 Å². The molecule has 7 heteroatoms. The van der Waals surface area contributed by atoms with Gasteiger partial charge in [-0.25, -0.2) is 9.79 Å². The van der Waals surface area contributed by atoms with E-state index in [0.29, 0.717) is 26.4 Å². The molecule has 0 spiro atoms. The van der Waals surface area contributed by atoms with Crippen LogP contribution in [0.5, 0.6) is 5.75 Å². The third-order valence-electron chi connectivity index (χ3n) is 4.96. The van der Waals surface area contributed by atoms with E-state index in [1.807, 2.05) is 48.5 Å². The fourth-order valence-electron chi connectivity index (χ4n) is 3.49. The second-order valence-electron chi connectivity index (χ2n) is 6.76. The van der Waals surface area contributed by atoms with Gasteiger partial charge < -0.3 is 9.47 Å². The molecule has 2 aromatic carbocycles. The van der Waals surface area contributed by atoms with Crippen LogP contribution in [0.15, 0.2) is 75.7 Å². The first-order chi connectivity index (χ1) is 14.5. The van der Waals surface area contributed by atoms with Crippen LogP contribution in [0.2, 0.25) is 0 Å². The van der Waals surface area contributed by atoms with Crippen molar-refractivity contribution < 1.29 is 14.3 Å². The maximum absolute atomic E-state index is 13.4. The third-order valence-corrected chi connectivity index (χ3v) is 5.94. The summed E-state index contributed by atoms with van der Waals surface area (Å²) in [4.78, 5) is 31.1. The first-order valence-electron chi connectivity index (χ1n) is 9.33. The predicted molar refractivity (Wildman–Crippen MR) is 115 cm³/mol. The fourth-order valence-corrected chi connectivity index (χ4v) is 4.54. The Morgan fingerprint density at radius 1 is 1.10 bits per heavy atom. The van der Waals surface area contributed by atoms with Crippen molar-refractivity contribution in [2.24, 2.45) is 4.99 Å². The number of hydrogen-bond donors (Lipinski definition) is 0. The van der Waals surface area contributed by atoms with Crippen molar-refractivity contribution in [1.82, 2.24) is 4.57 Å². The molecule has 0 saturated heterocycles. The Kier molecular flexibility index (Phi) is 5.37. The summed E-state index contributed by atoms with van der Waals surface area (Å²) in [5.41, 5.74) is 2.39. The van der Waals surface area contributed by atoms with Crippen molar-refractivity contribution in [3.8, 4) is 5.75 Å². The molecule has 30 heavy (non-hydrogen) atoms. The van der Waals surface area contributed by atoms with Gasteiger partial charge in [0.25, 0.3) is 5.56 Å². The average molecular weight is 420 g/mol. The van der Waals surface area contributed by atoms with E-state index in [1.165, 1.54) is 18.4 Å². The quantitative estimate of drug-likeness (QED) is 0.608. The van der Waals surface area contributed by atoms with E-state index in [1.54, 1.807) is 30.7 Å². The molecule has 0 fully saturated rings. The lowest BCUT2D eigenvalue weighted by Crippen LogP contribution is -2.39. The van der Waals surface area contributed by atoms with E-state index in [0.717, 1.165) is 11.1 Å². The second kappa shape index (κ2) is 8.12. The van der Waals surface area contributed by atoms with Crippen LogP contribution in [0.3, 0.4) is 0 Å². The van der Waals surface area contributed by atoms with Gasteiger partial charge in [0.15, 0.2) is 4.80 Å². The van der Waals surface area contributed by atoms with Crippen molar-refractivity contribution in [3.05, 3.63) is 96.7 Å². The highest BCUT2D eigenvalue weighted by Gasteiger charge is 2.33. The number of benzene rings is 2. The number of nitrogens with zero attached hydrogens (tertiary/aromatic N) is 2. The van der Waals surface area contributed by atoms with Crippen LogP contribution in [0.1, 0.15) is 24.1 Å². The number of carbonyl (C=O) groups is 1. The summed E-state index contributed by atoms with van der Waals surface area (Å²) >= 11 is 1.31. The van der Waals surface area contributed by atoms with E-state index in [4.69, 9.17) is 9.47 Å². The van der Waals surface area contributed by atoms with Gasteiger partial charge in [-0.2, -0.15) is 0 Å². The number of rotatable bonds is 4. The van der Waals surface area contributed by atoms with Gasteiger partial charge in [-0.15, -0.1) is 0 Å². The van der Waals surface area contributed by atoms with Crippen molar-refractivity contribution in [2.45, 2.75) is 13.0 Å². The number of fused-ring (bicyclic) bond motifs is 1. The van der Waals surface area contributed by atoms with Crippen molar-refractivity contribution in [3.63, 3.8) is 0 Å². The van der Waals surface area contributed by atoms with Crippen LogP contribution >= 0.6 is 11.3 Å². The highest BCUT2D eigenvalue weighted by atomic mass is 32.1. The number of allylic oxidation sites excluding steroid dienone is 1. The lowest BCUT2D eigenvalue weighted by atomic mass is 9.96. The molecule has 0 N–H and O–H groups in total. The van der Waals surface area contributed by atoms with Crippen LogP contribution in [0.4, 0.5) is 0 Å². The number of ether oxygens (including phenoxy) is 2. The van der Waals surface area contributed by atoms with Gasteiger partial charge in [0.05, 0.1) is 36.1 Å². The lowest BCUT2D eigenvalue weighted by molar-refractivity contribution is -0.136. The SMILES string of the molecule is COC(=O)C1=C(C)N=c2sc(=Cc3ccccc3)c(=O)n2C1c1ccc(OC)cc1. The zero-order valence-corrected chi connectivity index (χ0v) is 17.6. The van der Waals surface area contributed by atoms with Crippen LogP contribution in [-0.2, 0) is 9.53 Å².